The predicted octanol–water partition coefficient (Wildman–Crippen LogP) is 8.27. The molecule has 2 aromatic rings. The molecule has 0 saturated heterocycles. The van der Waals surface area contributed by atoms with Gasteiger partial charge in [-0.15, -0.1) is 11.5 Å². The van der Waals surface area contributed by atoms with Crippen LogP contribution in [0.25, 0.3) is 0 Å². The summed E-state index contributed by atoms with van der Waals surface area (Å²) in [5.41, 5.74) is 5.97. The Labute approximate surface area is 267 Å². The van der Waals surface area contributed by atoms with Crippen molar-refractivity contribution in [1.82, 2.24) is 0 Å². The van der Waals surface area contributed by atoms with Crippen LogP contribution in [0.4, 0.5) is 0 Å². The smallest absolute Gasteiger partial charge is 0.147 e. The van der Waals surface area contributed by atoms with E-state index in [0.29, 0.717) is 6.42 Å². The number of rotatable bonds is 13. The quantitative estimate of drug-likeness (QED) is 0.0694. The van der Waals surface area contributed by atoms with Crippen molar-refractivity contribution in [3.63, 3.8) is 0 Å². The average molecular weight is 698 g/mol. The largest absolute Gasteiger partial charge is 0.359 e. The van der Waals surface area contributed by atoms with Crippen molar-refractivity contribution < 1.29 is 18.9 Å². The normalized spacial score (nSPS) is 20.1. The summed E-state index contributed by atoms with van der Waals surface area (Å²) in [7, 11) is 1.82. The number of halogens is 1. The van der Waals surface area contributed by atoms with Crippen molar-refractivity contribution in [3.05, 3.63) is 68.8 Å². The first kappa shape index (κ1) is 34.3. The fraction of sp³-hybridized carbons (Fsp3) is 0.514. The molecule has 0 N–H and O–H groups in total. The minimum absolute atomic E-state index is 0.236. The van der Waals surface area contributed by atoms with Gasteiger partial charge in [0.15, 0.2) is 0 Å². The lowest BCUT2D eigenvalue weighted by molar-refractivity contribution is -0.203. The minimum Gasteiger partial charge on any atom is -0.359 e. The Morgan fingerprint density at radius 2 is 1.29 bits per heavy atom. The van der Waals surface area contributed by atoms with Gasteiger partial charge in [-0.1, -0.05) is 49.2 Å². The van der Waals surface area contributed by atoms with Gasteiger partial charge >= 0.3 is 0 Å². The third-order valence-corrected chi connectivity index (χ3v) is 11.1. The number of hydrogen-bond donors (Lipinski definition) is 0. The van der Waals surface area contributed by atoms with Gasteiger partial charge in [0, 0.05) is 42.6 Å². The fourth-order valence-corrected chi connectivity index (χ4v) is 7.60. The highest BCUT2D eigenvalue weighted by Crippen LogP contribution is 2.50. The van der Waals surface area contributed by atoms with Crippen LogP contribution >= 0.6 is 22.6 Å². The molecule has 42 heavy (non-hydrogen) atoms. The van der Waals surface area contributed by atoms with E-state index in [-0.39, 0.29) is 13.6 Å². The predicted molar refractivity (Wildman–Crippen MR) is 179 cm³/mol. The van der Waals surface area contributed by atoms with E-state index >= 15 is 0 Å². The lowest BCUT2D eigenvalue weighted by Crippen LogP contribution is -2.43. The van der Waals surface area contributed by atoms with Crippen molar-refractivity contribution in [3.8, 4) is 29.4 Å². The SMILES string of the molecule is COCOC1(c2ccc(I)cc2)CCC(OCOC)(c2ccc(C#CCCCC#C[Si](C)(C)CCCC#N)cc2)CC1. The van der Waals surface area contributed by atoms with Crippen LogP contribution in [-0.4, -0.2) is 35.9 Å². The molecule has 0 unspecified atom stereocenters. The summed E-state index contributed by atoms with van der Waals surface area (Å²) in [6.07, 6.45) is 7.50. The minimum atomic E-state index is -1.51. The van der Waals surface area contributed by atoms with Crippen LogP contribution in [0.2, 0.25) is 19.1 Å². The first-order valence-electron chi connectivity index (χ1n) is 14.8. The number of unbranched alkanes of at least 4 members (excludes halogenated alkanes) is 3. The molecular formula is C35H44INO4Si. The maximum absolute atomic E-state index is 8.74. The van der Waals surface area contributed by atoms with Crippen molar-refractivity contribution in [2.24, 2.45) is 0 Å². The van der Waals surface area contributed by atoms with Crippen molar-refractivity contribution >= 4 is 30.7 Å². The second kappa shape index (κ2) is 17.2. The molecule has 0 bridgehead atoms. The Balaban J connectivity index is 1.63. The van der Waals surface area contributed by atoms with E-state index in [4.69, 9.17) is 24.2 Å². The topological polar surface area (TPSA) is 60.7 Å². The second-order valence-corrected chi connectivity index (χ2v) is 17.3. The summed E-state index contributed by atoms with van der Waals surface area (Å²) < 4.78 is 24.6. The fourth-order valence-electron chi connectivity index (χ4n) is 5.45. The molecule has 7 heteroatoms. The van der Waals surface area contributed by atoms with Crippen molar-refractivity contribution in [2.45, 2.75) is 88.1 Å². The van der Waals surface area contributed by atoms with E-state index in [1.54, 1.807) is 14.2 Å². The summed E-state index contributed by atoms with van der Waals surface area (Å²) in [6, 6.07) is 20.4. The van der Waals surface area contributed by atoms with Crippen LogP contribution in [0.15, 0.2) is 48.5 Å². The molecule has 3 rings (SSSR count). The standard InChI is InChI=1S/C35H44INO4Si/c1-38-28-40-34(21-23-35(24-22-34,41-29-39-2)32-17-19-33(36)20-18-32)31-15-13-30(14-16-31)12-8-6-5-7-10-26-42(3,4)27-11-9-25-37/h13-20H,5-7,9,11,21-24,27-29H2,1-4H3. The number of nitrogens with zero attached hydrogens (tertiary/aromatic N) is 1. The van der Waals surface area contributed by atoms with Crippen LogP contribution < -0.4 is 0 Å². The molecule has 0 amide bonds. The Bertz CT molecular complexity index is 1270. The first-order valence-corrected chi connectivity index (χ1v) is 19.0. The number of ether oxygens (including phenoxy) is 4. The van der Waals surface area contributed by atoms with Gasteiger partial charge in [-0.3, -0.25) is 0 Å². The van der Waals surface area contributed by atoms with Crippen LogP contribution in [-0.2, 0) is 30.1 Å². The molecule has 0 radical (unpaired) electrons. The summed E-state index contributed by atoms with van der Waals surface area (Å²) in [5.74, 6) is 9.99. The van der Waals surface area contributed by atoms with Crippen LogP contribution in [0, 0.1) is 38.2 Å². The Kier molecular flexibility index (Phi) is 14.1. The summed E-state index contributed by atoms with van der Waals surface area (Å²) in [4.78, 5) is 0. The zero-order valence-electron chi connectivity index (χ0n) is 25.6. The van der Waals surface area contributed by atoms with Crippen LogP contribution in [0.5, 0.6) is 0 Å². The summed E-state index contributed by atoms with van der Waals surface area (Å²) in [6.45, 7) is 5.06. The highest BCUT2D eigenvalue weighted by atomic mass is 127. The van der Waals surface area contributed by atoms with E-state index in [1.165, 1.54) is 9.13 Å². The lowest BCUT2D eigenvalue weighted by Gasteiger charge is -2.46. The number of hydrogen-bond acceptors (Lipinski definition) is 5. The van der Waals surface area contributed by atoms with Gasteiger partial charge in [-0.05, 0) is 103 Å². The van der Waals surface area contributed by atoms with Gasteiger partial charge in [0.25, 0.3) is 0 Å². The molecule has 1 fully saturated rings. The maximum Gasteiger partial charge on any atom is 0.147 e. The van der Waals surface area contributed by atoms with E-state index < -0.39 is 19.3 Å². The molecule has 1 saturated carbocycles. The molecule has 2 aromatic carbocycles. The molecule has 5 nitrogen and oxygen atoms in total. The Morgan fingerprint density at radius 1 is 0.762 bits per heavy atom. The van der Waals surface area contributed by atoms with Gasteiger partial charge in [-0.2, -0.15) is 5.26 Å². The maximum atomic E-state index is 8.74. The highest BCUT2D eigenvalue weighted by molar-refractivity contribution is 14.1. The molecule has 0 aromatic heterocycles. The molecule has 0 spiro atoms. The van der Waals surface area contributed by atoms with Gasteiger partial charge < -0.3 is 18.9 Å². The second-order valence-electron chi connectivity index (χ2n) is 11.5. The van der Waals surface area contributed by atoms with E-state index in [0.717, 1.165) is 68.5 Å². The highest BCUT2D eigenvalue weighted by Gasteiger charge is 2.46. The summed E-state index contributed by atoms with van der Waals surface area (Å²) in [5, 5.41) is 8.74. The molecular weight excluding hydrogens is 653 g/mol. The third kappa shape index (κ3) is 10.2. The monoisotopic (exact) mass is 697 g/mol. The molecule has 1 aliphatic rings. The molecule has 0 atom stereocenters. The lowest BCUT2D eigenvalue weighted by atomic mass is 9.70. The number of benzene rings is 2. The van der Waals surface area contributed by atoms with Crippen LogP contribution in [0.3, 0.4) is 0 Å². The molecule has 0 heterocycles. The molecule has 0 aliphatic heterocycles. The van der Waals surface area contributed by atoms with E-state index in [1.807, 2.05) is 0 Å². The number of methoxy groups -OCH3 is 2. The van der Waals surface area contributed by atoms with Crippen LogP contribution in [0.1, 0.15) is 74.5 Å². The third-order valence-electron chi connectivity index (χ3n) is 7.91. The molecule has 224 valence electrons. The van der Waals surface area contributed by atoms with Gasteiger partial charge in [-0.25, -0.2) is 0 Å². The van der Waals surface area contributed by atoms with Gasteiger partial charge in [0.1, 0.15) is 21.7 Å². The number of nitriles is 1. The van der Waals surface area contributed by atoms with Crippen molar-refractivity contribution in [2.75, 3.05) is 27.8 Å². The molecule has 1 aliphatic carbocycles. The Morgan fingerprint density at radius 3 is 1.81 bits per heavy atom. The average Bonchev–Trinajstić information content (AvgIpc) is 3.00. The Hall–Kier alpha value is -2.16. The zero-order chi connectivity index (χ0) is 30.3. The first-order chi connectivity index (χ1) is 20.3. The van der Waals surface area contributed by atoms with Gasteiger partial charge in [0.05, 0.1) is 17.3 Å². The van der Waals surface area contributed by atoms with E-state index in [9.17, 15) is 0 Å². The van der Waals surface area contributed by atoms with Gasteiger partial charge in [0.2, 0.25) is 0 Å². The summed E-state index contributed by atoms with van der Waals surface area (Å²) >= 11 is 2.33. The van der Waals surface area contributed by atoms with Crippen molar-refractivity contribution in [1.29, 1.82) is 5.26 Å². The van der Waals surface area contributed by atoms with E-state index in [2.05, 4.69) is 114 Å². The zero-order valence-corrected chi connectivity index (χ0v) is 28.7.